The van der Waals surface area contributed by atoms with Gasteiger partial charge < -0.3 is 5.32 Å². The van der Waals surface area contributed by atoms with E-state index in [2.05, 4.69) is 16.0 Å². The summed E-state index contributed by atoms with van der Waals surface area (Å²) in [5.41, 5.74) is 0.857. The Morgan fingerprint density at radius 1 is 1.33 bits per heavy atom. The van der Waals surface area contributed by atoms with Crippen LogP contribution in [-0.2, 0) is 10.0 Å². The molecule has 1 aromatic carbocycles. The summed E-state index contributed by atoms with van der Waals surface area (Å²) in [4.78, 5) is 0.220. The van der Waals surface area contributed by atoms with E-state index >= 15 is 0 Å². The van der Waals surface area contributed by atoms with Crippen LogP contribution in [0.5, 0.6) is 0 Å². The lowest BCUT2D eigenvalue weighted by molar-refractivity contribution is 0.564. The third-order valence-corrected chi connectivity index (χ3v) is 4.02. The summed E-state index contributed by atoms with van der Waals surface area (Å²) in [6.45, 7) is 1.96. The molecule has 2 N–H and O–H groups in total. The molecule has 0 aliphatic carbocycles. The fourth-order valence-electron chi connectivity index (χ4n) is 1.52. The highest BCUT2D eigenvalue weighted by Crippen LogP contribution is 2.14. The Hall–Kier alpha value is -1.51. The van der Waals surface area contributed by atoms with Crippen LogP contribution in [0.25, 0.3) is 0 Å². The Morgan fingerprint density at radius 2 is 1.94 bits per heavy atom. The fraction of sp³-hybridized carbons (Fsp3) is 0.385. The molecule has 0 spiro atoms. The zero-order valence-electron chi connectivity index (χ0n) is 10.6. The van der Waals surface area contributed by atoms with E-state index in [0.29, 0.717) is 6.42 Å². The van der Waals surface area contributed by atoms with Gasteiger partial charge in [-0.1, -0.05) is 19.3 Å². The van der Waals surface area contributed by atoms with Crippen LogP contribution in [0, 0.1) is 12.3 Å². The number of benzene rings is 1. The highest BCUT2D eigenvalue weighted by molar-refractivity contribution is 7.89. The van der Waals surface area contributed by atoms with Crippen LogP contribution in [0.15, 0.2) is 29.2 Å². The van der Waals surface area contributed by atoms with Gasteiger partial charge in [0.05, 0.1) is 10.9 Å². The van der Waals surface area contributed by atoms with Crippen LogP contribution >= 0.6 is 0 Å². The van der Waals surface area contributed by atoms with Gasteiger partial charge >= 0.3 is 0 Å². The van der Waals surface area contributed by atoms with Crippen molar-refractivity contribution in [3.63, 3.8) is 0 Å². The topological polar surface area (TPSA) is 58.2 Å². The Morgan fingerprint density at radius 3 is 2.39 bits per heavy atom. The minimum Gasteiger partial charge on any atom is -0.388 e. The molecule has 0 bridgehead atoms. The van der Waals surface area contributed by atoms with Crippen LogP contribution in [-0.4, -0.2) is 21.5 Å². The third-order valence-electron chi connectivity index (χ3n) is 2.53. The molecule has 1 unspecified atom stereocenters. The maximum atomic E-state index is 12.0. The van der Waals surface area contributed by atoms with Crippen LogP contribution < -0.4 is 10.0 Å². The molecule has 0 saturated carbocycles. The van der Waals surface area contributed by atoms with E-state index in [1.807, 2.05) is 6.92 Å². The summed E-state index contributed by atoms with van der Waals surface area (Å²) >= 11 is 0. The van der Waals surface area contributed by atoms with Gasteiger partial charge in [-0.2, -0.15) is 4.72 Å². The number of hydrogen-bond acceptors (Lipinski definition) is 3. The molecule has 1 atom stereocenters. The molecule has 0 radical (unpaired) electrons. The fourth-order valence-corrected chi connectivity index (χ4v) is 2.71. The van der Waals surface area contributed by atoms with Crippen molar-refractivity contribution in [2.75, 3.05) is 12.4 Å². The van der Waals surface area contributed by atoms with Crippen molar-refractivity contribution in [3.05, 3.63) is 24.3 Å². The zero-order valence-corrected chi connectivity index (χ0v) is 11.4. The predicted octanol–water partition coefficient (Wildman–Crippen LogP) is 1.81. The minimum absolute atomic E-state index is 0.220. The molecule has 0 heterocycles. The molecular formula is C13H18N2O2S. The number of terminal acetylenes is 1. The number of anilines is 1. The van der Waals surface area contributed by atoms with Crippen molar-refractivity contribution >= 4 is 15.7 Å². The molecule has 98 valence electrons. The molecule has 1 aromatic rings. The number of hydrogen-bond donors (Lipinski definition) is 2. The summed E-state index contributed by atoms with van der Waals surface area (Å²) < 4.78 is 26.6. The van der Waals surface area contributed by atoms with Gasteiger partial charge in [-0.05, 0) is 30.7 Å². The van der Waals surface area contributed by atoms with E-state index in [1.165, 1.54) is 0 Å². The van der Waals surface area contributed by atoms with Gasteiger partial charge in [0.1, 0.15) is 0 Å². The molecule has 0 fully saturated rings. The van der Waals surface area contributed by atoms with Crippen molar-refractivity contribution in [1.82, 2.24) is 4.72 Å². The molecule has 18 heavy (non-hydrogen) atoms. The van der Waals surface area contributed by atoms with Crippen LogP contribution in [0.1, 0.15) is 19.8 Å². The molecule has 0 aliphatic heterocycles. The van der Waals surface area contributed by atoms with Crippen molar-refractivity contribution in [2.24, 2.45) is 0 Å². The van der Waals surface area contributed by atoms with Crippen molar-refractivity contribution in [1.29, 1.82) is 0 Å². The molecule has 0 amide bonds. The first-order chi connectivity index (χ1) is 8.53. The molecule has 1 rings (SSSR count). The van der Waals surface area contributed by atoms with Gasteiger partial charge in [0.2, 0.25) is 10.0 Å². The van der Waals surface area contributed by atoms with Gasteiger partial charge in [0, 0.05) is 12.7 Å². The summed E-state index contributed by atoms with van der Waals surface area (Å²) in [6, 6.07) is 6.06. The van der Waals surface area contributed by atoms with E-state index in [0.717, 1.165) is 12.1 Å². The van der Waals surface area contributed by atoms with Gasteiger partial charge in [-0.15, -0.1) is 6.42 Å². The monoisotopic (exact) mass is 266 g/mol. The second kappa shape index (κ2) is 6.43. The lowest BCUT2D eigenvalue weighted by Crippen LogP contribution is -2.33. The van der Waals surface area contributed by atoms with Crippen LogP contribution in [0.2, 0.25) is 0 Å². The Kier molecular flexibility index (Phi) is 5.20. The molecule has 5 heteroatoms. The lowest BCUT2D eigenvalue weighted by Gasteiger charge is -2.12. The normalized spacial score (nSPS) is 12.7. The minimum atomic E-state index is -3.54. The summed E-state index contributed by atoms with van der Waals surface area (Å²) in [7, 11) is -1.76. The Balaban J connectivity index is 2.88. The van der Waals surface area contributed by atoms with Gasteiger partial charge in [0.15, 0.2) is 0 Å². The average molecular weight is 266 g/mol. The zero-order chi connectivity index (χ0) is 13.6. The molecule has 0 aliphatic rings. The Bertz CT molecular complexity index is 515. The summed E-state index contributed by atoms with van der Waals surface area (Å²) in [6.07, 6.45) is 6.76. The first kappa shape index (κ1) is 14.6. The van der Waals surface area contributed by atoms with Crippen molar-refractivity contribution in [3.8, 4) is 12.3 Å². The molecular weight excluding hydrogens is 248 g/mol. The first-order valence-electron chi connectivity index (χ1n) is 5.79. The smallest absolute Gasteiger partial charge is 0.241 e. The van der Waals surface area contributed by atoms with Crippen LogP contribution in [0.4, 0.5) is 5.69 Å². The van der Waals surface area contributed by atoms with E-state index in [1.54, 1.807) is 31.3 Å². The summed E-state index contributed by atoms with van der Waals surface area (Å²) in [5.74, 6) is 2.45. The van der Waals surface area contributed by atoms with Gasteiger partial charge in [-0.25, -0.2) is 8.42 Å². The maximum Gasteiger partial charge on any atom is 0.241 e. The highest BCUT2D eigenvalue weighted by Gasteiger charge is 2.17. The van der Waals surface area contributed by atoms with Crippen LogP contribution in [0.3, 0.4) is 0 Å². The van der Waals surface area contributed by atoms with E-state index < -0.39 is 16.1 Å². The second-order valence-electron chi connectivity index (χ2n) is 3.90. The lowest BCUT2D eigenvalue weighted by atomic mass is 10.2. The second-order valence-corrected chi connectivity index (χ2v) is 5.62. The predicted molar refractivity (Wildman–Crippen MR) is 73.8 cm³/mol. The maximum absolute atomic E-state index is 12.0. The molecule has 0 aromatic heterocycles. The Labute approximate surface area is 109 Å². The standard InChI is InChI=1S/C13H18N2O2S/c1-4-6-11(5-2)15-18(16,17)13-9-7-12(14-3)8-10-13/h2,7-11,14-15H,4,6H2,1,3H3. The van der Waals surface area contributed by atoms with Crippen molar-refractivity contribution < 1.29 is 8.42 Å². The number of rotatable bonds is 6. The van der Waals surface area contributed by atoms with Crippen molar-refractivity contribution in [2.45, 2.75) is 30.7 Å². The SMILES string of the molecule is C#CC(CCC)NS(=O)(=O)c1ccc(NC)cc1. The molecule has 0 saturated heterocycles. The highest BCUT2D eigenvalue weighted by atomic mass is 32.2. The van der Waals surface area contributed by atoms with E-state index in [4.69, 9.17) is 6.42 Å². The van der Waals surface area contributed by atoms with E-state index in [-0.39, 0.29) is 4.90 Å². The third kappa shape index (κ3) is 3.76. The molecule has 4 nitrogen and oxygen atoms in total. The van der Waals surface area contributed by atoms with E-state index in [9.17, 15) is 8.42 Å². The van der Waals surface area contributed by atoms with Gasteiger partial charge in [-0.3, -0.25) is 0 Å². The quantitative estimate of drug-likeness (QED) is 0.772. The number of sulfonamides is 1. The number of nitrogens with one attached hydrogen (secondary N) is 2. The average Bonchev–Trinajstić information content (AvgIpc) is 2.38. The first-order valence-corrected chi connectivity index (χ1v) is 7.28. The summed E-state index contributed by atoms with van der Waals surface area (Å²) in [5, 5.41) is 2.93. The largest absolute Gasteiger partial charge is 0.388 e. The van der Waals surface area contributed by atoms with Gasteiger partial charge in [0.25, 0.3) is 0 Å².